The van der Waals surface area contributed by atoms with E-state index < -0.39 is 11.9 Å². The van der Waals surface area contributed by atoms with Crippen molar-refractivity contribution in [2.75, 3.05) is 0 Å². The topological polar surface area (TPSA) is 46.5 Å². The number of carbonyl (C=O) groups is 1. The molecule has 4 heteroatoms. The molecule has 0 bridgehead atoms. The van der Waals surface area contributed by atoms with E-state index in [0.717, 1.165) is 26.9 Å². The largest absolute Gasteiger partial charge is 0.487 e. The molecule has 22 heavy (non-hydrogen) atoms. The van der Waals surface area contributed by atoms with Gasteiger partial charge < -0.3 is 9.84 Å². The van der Waals surface area contributed by atoms with Crippen LogP contribution in [0, 0.1) is 12.8 Å². The van der Waals surface area contributed by atoms with Crippen LogP contribution in [0.3, 0.4) is 0 Å². The summed E-state index contributed by atoms with van der Waals surface area (Å²) in [4.78, 5) is 11.0. The Morgan fingerprint density at radius 1 is 1.23 bits per heavy atom. The Hall–Kier alpha value is -1.81. The van der Waals surface area contributed by atoms with Crippen molar-refractivity contribution in [3.63, 3.8) is 0 Å². The summed E-state index contributed by atoms with van der Waals surface area (Å²) in [6.45, 7) is 4.19. The van der Waals surface area contributed by atoms with Gasteiger partial charge in [0.1, 0.15) is 12.4 Å². The fourth-order valence-corrected chi connectivity index (χ4v) is 2.99. The number of carboxylic acids is 1. The van der Waals surface area contributed by atoms with E-state index in [4.69, 9.17) is 9.84 Å². The van der Waals surface area contributed by atoms with Gasteiger partial charge in [0, 0.05) is 0 Å². The summed E-state index contributed by atoms with van der Waals surface area (Å²) in [5.41, 5.74) is 3.10. The Labute approximate surface area is 139 Å². The van der Waals surface area contributed by atoms with Crippen molar-refractivity contribution in [3.8, 4) is 5.75 Å². The number of aliphatic carboxylic acids is 1. The number of hydrogen-bond acceptors (Lipinski definition) is 2. The number of hydrogen-bond donors (Lipinski definition) is 1. The van der Waals surface area contributed by atoms with Gasteiger partial charge in [0.15, 0.2) is 0 Å². The summed E-state index contributed by atoms with van der Waals surface area (Å²) in [6, 6.07) is 13.9. The lowest BCUT2D eigenvalue weighted by Gasteiger charge is -2.14. The molecule has 0 spiro atoms. The second-order valence-corrected chi connectivity index (χ2v) is 6.30. The Kier molecular flexibility index (Phi) is 5.61. The van der Waals surface area contributed by atoms with Crippen molar-refractivity contribution in [1.82, 2.24) is 0 Å². The summed E-state index contributed by atoms with van der Waals surface area (Å²) >= 11 is 3.53. The molecule has 1 unspecified atom stereocenters. The van der Waals surface area contributed by atoms with Crippen LogP contribution in [-0.2, 0) is 17.8 Å². The van der Waals surface area contributed by atoms with Crippen LogP contribution in [0.5, 0.6) is 5.75 Å². The zero-order chi connectivity index (χ0) is 16.1. The molecule has 0 aromatic heterocycles. The first-order valence-corrected chi connectivity index (χ1v) is 7.95. The Bertz CT molecular complexity index is 630. The van der Waals surface area contributed by atoms with Crippen LogP contribution in [-0.4, -0.2) is 11.1 Å². The standard InChI is InChI=1S/C18H19BrO3/c1-12-8-15(9-13(2)18(20)21)10-16(19)17(12)22-11-14-6-4-3-5-7-14/h3-8,10,13H,9,11H2,1-2H3,(H,20,21). The van der Waals surface area contributed by atoms with E-state index >= 15 is 0 Å². The summed E-state index contributed by atoms with van der Waals surface area (Å²) in [5, 5.41) is 9.01. The highest BCUT2D eigenvalue weighted by Gasteiger charge is 2.14. The molecule has 0 saturated carbocycles. The van der Waals surface area contributed by atoms with Gasteiger partial charge in [-0.15, -0.1) is 0 Å². The molecule has 0 heterocycles. The molecule has 0 aliphatic carbocycles. The third kappa shape index (κ3) is 4.34. The van der Waals surface area contributed by atoms with E-state index in [9.17, 15) is 4.79 Å². The highest BCUT2D eigenvalue weighted by Crippen LogP contribution is 2.31. The van der Waals surface area contributed by atoms with E-state index in [1.54, 1.807) is 6.92 Å². The highest BCUT2D eigenvalue weighted by molar-refractivity contribution is 9.10. The number of benzene rings is 2. The van der Waals surface area contributed by atoms with Crippen molar-refractivity contribution in [2.45, 2.75) is 26.9 Å². The smallest absolute Gasteiger partial charge is 0.306 e. The SMILES string of the molecule is Cc1cc(CC(C)C(=O)O)cc(Br)c1OCc1ccccc1. The van der Waals surface area contributed by atoms with Gasteiger partial charge in [-0.25, -0.2) is 0 Å². The van der Waals surface area contributed by atoms with Crippen molar-refractivity contribution >= 4 is 21.9 Å². The Morgan fingerprint density at radius 2 is 1.91 bits per heavy atom. The number of aryl methyl sites for hydroxylation is 1. The quantitative estimate of drug-likeness (QED) is 0.816. The molecule has 2 aromatic carbocycles. The molecule has 2 rings (SSSR count). The Balaban J connectivity index is 2.11. The third-order valence-corrected chi connectivity index (χ3v) is 4.07. The molecule has 1 atom stereocenters. The minimum Gasteiger partial charge on any atom is -0.487 e. The van der Waals surface area contributed by atoms with Crippen LogP contribution >= 0.6 is 15.9 Å². The van der Waals surface area contributed by atoms with Gasteiger partial charge in [0.25, 0.3) is 0 Å². The predicted molar refractivity (Wildman–Crippen MR) is 90.2 cm³/mol. The average Bonchev–Trinajstić information content (AvgIpc) is 2.47. The molecule has 0 aliphatic rings. The van der Waals surface area contributed by atoms with Crippen LogP contribution in [0.25, 0.3) is 0 Å². The van der Waals surface area contributed by atoms with Crippen LogP contribution in [0.15, 0.2) is 46.9 Å². The van der Waals surface area contributed by atoms with Crippen molar-refractivity contribution in [2.24, 2.45) is 5.92 Å². The first-order chi connectivity index (χ1) is 10.5. The van der Waals surface area contributed by atoms with Gasteiger partial charge in [0.2, 0.25) is 0 Å². The fourth-order valence-electron chi connectivity index (χ4n) is 2.27. The van der Waals surface area contributed by atoms with E-state index in [1.807, 2.05) is 49.4 Å². The second-order valence-electron chi connectivity index (χ2n) is 5.44. The maximum Gasteiger partial charge on any atom is 0.306 e. The lowest BCUT2D eigenvalue weighted by Crippen LogP contribution is -2.12. The highest BCUT2D eigenvalue weighted by atomic mass is 79.9. The van der Waals surface area contributed by atoms with Crippen LogP contribution in [0.1, 0.15) is 23.6 Å². The van der Waals surface area contributed by atoms with E-state index in [0.29, 0.717) is 13.0 Å². The van der Waals surface area contributed by atoms with Gasteiger partial charge in [-0.1, -0.05) is 43.3 Å². The van der Waals surface area contributed by atoms with Gasteiger partial charge >= 0.3 is 5.97 Å². The normalized spacial score (nSPS) is 12.0. The molecule has 0 fully saturated rings. The van der Waals surface area contributed by atoms with Crippen LogP contribution in [0.4, 0.5) is 0 Å². The van der Waals surface area contributed by atoms with Crippen molar-refractivity contribution in [3.05, 3.63) is 63.6 Å². The molecule has 3 nitrogen and oxygen atoms in total. The van der Waals surface area contributed by atoms with E-state index in [1.165, 1.54) is 0 Å². The predicted octanol–water partition coefficient (Wildman–Crippen LogP) is 4.60. The fraction of sp³-hybridized carbons (Fsp3) is 0.278. The maximum absolute atomic E-state index is 11.0. The number of ether oxygens (including phenoxy) is 1. The first kappa shape index (κ1) is 16.6. The second kappa shape index (κ2) is 7.45. The lowest BCUT2D eigenvalue weighted by atomic mass is 9.99. The molecule has 0 amide bonds. The maximum atomic E-state index is 11.0. The number of halogens is 1. The summed E-state index contributed by atoms with van der Waals surface area (Å²) < 4.78 is 6.76. The molecule has 0 aliphatic heterocycles. The molecule has 116 valence electrons. The average molecular weight is 363 g/mol. The molecular weight excluding hydrogens is 344 g/mol. The number of carboxylic acid groups (broad SMARTS) is 1. The zero-order valence-electron chi connectivity index (χ0n) is 12.7. The summed E-state index contributed by atoms with van der Waals surface area (Å²) in [5.74, 6) is -0.379. The molecule has 0 saturated heterocycles. The molecular formula is C18H19BrO3. The van der Waals surface area contributed by atoms with E-state index in [-0.39, 0.29) is 0 Å². The van der Waals surface area contributed by atoms with Crippen molar-refractivity contribution < 1.29 is 14.6 Å². The molecule has 0 radical (unpaired) electrons. The lowest BCUT2D eigenvalue weighted by molar-refractivity contribution is -0.141. The van der Waals surface area contributed by atoms with Gasteiger partial charge in [-0.2, -0.15) is 0 Å². The van der Waals surface area contributed by atoms with Gasteiger partial charge in [-0.05, 0) is 52.0 Å². The Morgan fingerprint density at radius 3 is 2.50 bits per heavy atom. The van der Waals surface area contributed by atoms with Crippen LogP contribution < -0.4 is 4.74 Å². The number of rotatable bonds is 6. The summed E-state index contributed by atoms with van der Waals surface area (Å²) in [7, 11) is 0. The van der Waals surface area contributed by atoms with Gasteiger partial charge in [-0.3, -0.25) is 4.79 Å². The van der Waals surface area contributed by atoms with Crippen LogP contribution in [0.2, 0.25) is 0 Å². The molecule has 1 N–H and O–H groups in total. The van der Waals surface area contributed by atoms with Gasteiger partial charge in [0.05, 0.1) is 10.4 Å². The minimum atomic E-state index is -0.779. The summed E-state index contributed by atoms with van der Waals surface area (Å²) in [6.07, 6.45) is 0.508. The monoisotopic (exact) mass is 362 g/mol. The molecule has 2 aromatic rings. The minimum absolute atomic E-state index is 0.401. The first-order valence-electron chi connectivity index (χ1n) is 7.16. The zero-order valence-corrected chi connectivity index (χ0v) is 14.3. The van der Waals surface area contributed by atoms with E-state index in [2.05, 4.69) is 15.9 Å². The third-order valence-electron chi connectivity index (χ3n) is 3.48. The van der Waals surface area contributed by atoms with Crippen molar-refractivity contribution in [1.29, 1.82) is 0 Å².